The molecule has 0 bridgehead atoms. The van der Waals surface area contributed by atoms with E-state index in [1.165, 1.54) is 12.6 Å². The molecule has 1 unspecified atom stereocenters. The summed E-state index contributed by atoms with van der Waals surface area (Å²) in [5.74, 6) is 0.621. The highest BCUT2D eigenvalue weighted by Gasteiger charge is 2.49. The van der Waals surface area contributed by atoms with Crippen LogP contribution in [-0.4, -0.2) is 66.5 Å². The van der Waals surface area contributed by atoms with Crippen LogP contribution in [0.1, 0.15) is 30.3 Å². The molecule has 1 aromatic rings. The number of oxazole rings is 1. The van der Waals surface area contributed by atoms with Gasteiger partial charge in [-0.1, -0.05) is 0 Å². The Kier molecular flexibility index (Phi) is 4.39. The van der Waals surface area contributed by atoms with Gasteiger partial charge in [-0.05, 0) is 18.3 Å². The van der Waals surface area contributed by atoms with E-state index in [-0.39, 0.29) is 23.0 Å². The maximum Gasteiger partial charge on any atom is 0.291 e. The zero-order valence-corrected chi connectivity index (χ0v) is 13.7. The topological polar surface area (TPSA) is 75.9 Å². The Hall–Kier alpha value is -1.89. The van der Waals surface area contributed by atoms with Gasteiger partial charge in [-0.3, -0.25) is 9.59 Å². The Morgan fingerprint density at radius 3 is 2.70 bits per heavy atom. The highest BCUT2D eigenvalue weighted by Crippen LogP contribution is 2.45. The van der Waals surface area contributed by atoms with Crippen molar-refractivity contribution in [3.63, 3.8) is 0 Å². The molecule has 1 aromatic heterocycles. The van der Waals surface area contributed by atoms with Crippen molar-refractivity contribution in [2.24, 2.45) is 11.3 Å². The number of carbonyl (C=O) groups excluding carboxylic acids is 2. The van der Waals surface area contributed by atoms with Crippen LogP contribution in [0.4, 0.5) is 0 Å². The highest BCUT2D eigenvalue weighted by molar-refractivity contribution is 5.91. The van der Waals surface area contributed by atoms with Crippen molar-refractivity contribution in [3.8, 4) is 0 Å². The molecule has 2 aliphatic heterocycles. The molecule has 7 nitrogen and oxygen atoms in total. The van der Waals surface area contributed by atoms with E-state index in [1.54, 1.807) is 14.0 Å². The Balaban J connectivity index is 1.68. The van der Waals surface area contributed by atoms with Gasteiger partial charge in [-0.25, -0.2) is 4.98 Å². The first-order chi connectivity index (χ1) is 11.1. The summed E-state index contributed by atoms with van der Waals surface area (Å²) in [5.41, 5.74) is 0.0554. The Bertz CT molecular complexity index is 564. The first-order valence-electron chi connectivity index (χ1n) is 7.98. The van der Waals surface area contributed by atoms with Crippen LogP contribution in [0.25, 0.3) is 0 Å². The van der Waals surface area contributed by atoms with Gasteiger partial charge in [0, 0.05) is 46.1 Å². The zero-order valence-electron chi connectivity index (χ0n) is 13.7. The Morgan fingerprint density at radius 1 is 1.39 bits per heavy atom. The average molecular weight is 321 g/mol. The van der Waals surface area contributed by atoms with E-state index in [2.05, 4.69) is 4.98 Å². The third kappa shape index (κ3) is 2.97. The van der Waals surface area contributed by atoms with Crippen molar-refractivity contribution in [2.75, 3.05) is 39.9 Å². The first kappa shape index (κ1) is 16.0. The number of hydrogen-bond donors (Lipinski definition) is 0. The van der Waals surface area contributed by atoms with Crippen molar-refractivity contribution < 1.29 is 18.7 Å². The lowest BCUT2D eigenvalue weighted by Crippen LogP contribution is -2.47. The van der Waals surface area contributed by atoms with Crippen LogP contribution < -0.4 is 0 Å². The van der Waals surface area contributed by atoms with Gasteiger partial charge in [-0.2, -0.15) is 0 Å². The lowest BCUT2D eigenvalue weighted by atomic mass is 9.71. The molecule has 0 saturated carbocycles. The molecule has 23 heavy (non-hydrogen) atoms. The van der Waals surface area contributed by atoms with Crippen molar-refractivity contribution in [2.45, 2.75) is 19.8 Å². The molecular weight excluding hydrogens is 298 g/mol. The molecule has 0 N–H and O–H groups in total. The van der Waals surface area contributed by atoms with E-state index < -0.39 is 0 Å². The molecule has 2 aliphatic rings. The van der Waals surface area contributed by atoms with Gasteiger partial charge in [0.05, 0.1) is 12.8 Å². The number of aromatic nitrogens is 1. The third-order valence-corrected chi connectivity index (χ3v) is 5.32. The normalized spacial score (nSPS) is 23.5. The number of ether oxygens (including phenoxy) is 1. The molecule has 7 heteroatoms. The summed E-state index contributed by atoms with van der Waals surface area (Å²) in [5, 5.41) is 0. The van der Waals surface area contributed by atoms with Crippen LogP contribution in [0.15, 0.2) is 17.0 Å². The largest absolute Gasteiger partial charge is 0.438 e. The second-order valence-corrected chi connectivity index (χ2v) is 6.57. The van der Waals surface area contributed by atoms with E-state index >= 15 is 0 Å². The van der Waals surface area contributed by atoms with Gasteiger partial charge in [-0.15, -0.1) is 0 Å². The molecule has 2 amide bonds. The third-order valence-electron chi connectivity index (χ3n) is 5.32. The number of carbonyl (C=O) groups is 2. The van der Waals surface area contributed by atoms with Crippen LogP contribution in [0.2, 0.25) is 0 Å². The van der Waals surface area contributed by atoms with Crippen molar-refractivity contribution in [1.82, 2.24) is 14.8 Å². The maximum absolute atomic E-state index is 12.3. The van der Waals surface area contributed by atoms with Gasteiger partial charge in [0.2, 0.25) is 11.7 Å². The monoisotopic (exact) mass is 321 g/mol. The summed E-state index contributed by atoms with van der Waals surface area (Å²) in [4.78, 5) is 31.6. The fourth-order valence-electron chi connectivity index (χ4n) is 3.90. The van der Waals surface area contributed by atoms with Crippen LogP contribution in [0.5, 0.6) is 0 Å². The molecular formula is C16H23N3O4. The summed E-state index contributed by atoms with van der Waals surface area (Å²) in [6.45, 7) is 5.13. The summed E-state index contributed by atoms with van der Waals surface area (Å²) in [6, 6.07) is 0. The SMILES string of the molecule is COCC1CN(C(C)=O)CC12CCN(C(=O)c1cnco1)CC2. The molecule has 3 heterocycles. The van der Waals surface area contributed by atoms with Gasteiger partial charge in [0.25, 0.3) is 5.91 Å². The molecule has 1 spiro atoms. The van der Waals surface area contributed by atoms with Crippen molar-refractivity contribution in [1.29, 1.82) is 0 Å². The smallest absolute Gasteiger partial charge is 0.291 e. The van der Waals surface area contributed by atoms with Crippen molar-refractivity contribution in [3.05, 3.63) is 18.4 Å². The van der Waals surface area contributed by atoms with Crippen LogP contribution in [0.3, 0.4) is 0 Å². The number of nitrogens with zero attached hydrogens (tertiary/aromatic N) is 3. The fraction of sp³-hybridized carbons (Fsp3) is 0.688. The molecule has 2 saturated heterocycles. The average Bonchev–Trinajstić information content (AvgIpc) is 3.17. The molecule has 3 rings (SSSR count). The van der Waals surface area contributed by atoms with E-state index in [4.69, 9.17) is 9.15 Å². The number of likely N-dealkylation sites (tertiary alicyclic amines) is 2. The number of amides is 2. The Labute approximate surface area is 135 Å². The van der Waals surface area contributed by atoms with Gasteiger partial charge < -0.3 is 19.0 Å². The second-order valence-electron chi connectivity index (χ2n) is 6.57. The number of rotatable bonds is 3. The molecule has 126 valence electrons. The van der Waals surface area contributed by atoms with Gasteiger partial charge in [0.1, 0.15) is 0 Å². The summed E-state index contributed by atoms with van der Waals surface area (Å²) in [6.07, 6.45) is 4.48. The van der Waals surface area contributed by atoms with Crippen molar-refractivity contribution >= 4 is 11.8 Å². The quantitative estimate of drug-likeness (QED) is 0.831. The molecule has 2 fully saturated rings. The lowest BCUT2D eigenvalue weighted by Gasteiger charge is -2.42. The Morgan fingerprint density at radius 2 is 2.13 bits per heavy atom. The highest BCUT2D eigenvalue weighted by atomic mass is 16.5. The molecule has 0 aromatic carbocycles. The summed E-state index contributed by atoms with van der Waals surface area (Å²) in [7, 11) is 1.70. The molecule has 0 aliphatic carbocycles. The van der Waals surface area contributed by atoms with Gasteiger partial charge in [0.15, 0.2) is 6.39 Å². The van der Waals surface area contributed by atoms with Crippen LogP contribution in [0, 0.1) is 11.3 Å². The minimum atomic E-state index is -0.109. The van der Waals surface area contributed by atoms with E-state index in [0.717, 1.165) is 25.9 Å². The van der Waals surface area contributed by atoms with E-state index in [1.807, 2.05) is 9.80 Å². The fourth-order valence-corrected chi connectivity index (χ4v) is 3.90. The van der Waals surface area contributed by atoms with Crippen LogP contribution in [-0.2, 0) is 9.53 Å². The standard InChI is InChI=1S/C16H23N3O4/c1-12(20)19-8-13(9-22-2)16(10-19)3-5-18(6-4-16)15(21)14-7-17-11-23-14/h7,11,13H,3-6,8-10H2,1-2H3. The number of hydrogen-bond acceptors (Lipinski definition) is 5. The number of methoxy groups -OCH3 is 1. The molecule has 1 atom stereocenters. The zero-order chi connectivity index (χ0) is 16.4. The molecule has 0 radical (unpaired) electrons. The predicted octanol–water partition coefficient (Wildman–Crippen LogP) is 1.02. The lowest BCUT2D eigenvalue weighted by molar-refractivity contribution is -0.128. The van der Waals surface area contributed by atoms with E-state index in [0.29, 0.717) is 25.6 Å². The van der Waals surface area contributed by atoms with Gasteiger partial charge >= 0.3 is 0 Å². The van der Waals surface area contributed by atoms with Crippen LogP contribution >= 0.6 is 0 Å². The summed E-state index contributed by atoms with van der Waals surface area (Å²) < 4.78 is 10.5. The maximum atomic E-state index is 12.3. The predicted molar refractivity (Wildman–Crippen MR) is 81.7 cm³/mol. The van der Waals surface area contributed by atoms with E-state index in [9.17, 15) is 9.59 Å². The summed E-state index contributed by atoms with van der Waals surface area (Å²) >= 11 is 0. The first-order valence-corrected chi connectivity index (χ1v) is 7.98. The minimum Gasteiger partial charge on any atom is -0.438 e. The second kappa shape index (κ2) is 6.31. The number of piperidine rings is 1. The minimum absolute atomic E-state index is 0.0554.